The first-order valence-electron chi connectivity index (χ1n) is 4.63. The molecule has 0 saturated heterocycles. The summed E-state index contributed by atoms with van der Waals surface area (Å²) in [6, 6.07) is -1.29. The highest BCUT2D eigenvalue weighted by molar-refractivity contribution is 6.04. The number of amides is 1. The maximum Gasteiger partial charge on any atom is 0.408 e. The molecule has 1 N–H and O–H groups in total. The number of hydrogen-bond acceptors (Lipinski definition) is 5. The monoisotopic (exact) mass is 217 g/mol. The third-order valence-electron chi connectivity index (χ3n) is 1.47. The van der Waals surface area contributed by atoms with Gasteiger partial charge < -0.3 is 14.8 Å². The number of esters is 1. The molecular formula is C9H15NO5. The number of carbonyl (C=O) groups excluding carboxylic acids is 3. The maximum absolute atomic E-state index is 11.2. The van der Waals surface area contributed by atoms with Crippen LogP contribution >= 0.6 is 0 Å². The number of rotatable bonds is 5. The molecule has 0 bridgehead atoms. The summed E-state index contributed by atoms with van der Waals surface area (Å²) >= 11 is 0. The number of alkyl carbamates (subject to hydrolysis) is 1. The summed E-state index contributed by atoms with van der Waals surface area (Å²) in [4.78, 5) is 33.2. The molecule has 0 rings (SSSR count). The van der Waals surface area contributed by atoms with Crippen LogP contribution in [-0.4, -0.2) is 37.1 Å². The quantitative estimate of drug-likeness (QED) is 0.527. The van der Waals surface area contributed by atoms with Crippen molar-refractivity contribution in [3.8, 4) is 0 Å². The van der Waals surface area contributed by atoms with E-state index in [1.807, 2.05) is 0 Å². The van der Waals surface area contributed by atoms with Crippen molar-refractivity contribution in [2.45, 2.75) is 26.8 Å². The van der Waals surface area contributed by atoms with Crippen LogP contribution in [0, 0.1) is 0 Å². The lowest BCUT2D eigenvalue weighted by molar-refractivity contribution is -0.148. The lowest BCUT2D eigenvalue weighted by atomic mass is 10.2. The van der Waals surface area contributed by atoms with E-state index < -0.39 is 23.9 Å². The lowest BCUT2D eigenvalue weighted by Crippen LogP contribution is -2.46. The Labute approximate surface area is 87.9 Å². The van der Waals surface area contributed by atoms with Crippen LogP contribution in [-0.2, 0) is 19.1 Å². The van der Waals surface area contributed by atoms with Crippen molar-refractivity contribution < 1.29 is 23.9 Å². The van der Waals surface area contributed by atoms with Crippen molar-refractivity contribution in [1.29, 1.82) is 0 Å². The molecule has 0 aromatic rings. The van der Waals surface area contributed by atoms with Crippen LogP contribution in [0.1, 0.15) is 20.8 Å². The molecule has 86 valence electrons. The molecule has 1 atom stereocenters. The van der Waals surface area contributed by atoms with E-state index >= 15 is 0 Å². The molecule has 6 heteroatoms. The molecular weight excluding hydrogens is 202 g/mol. The van der Waals surface area contributed by atoms with E-state index in [-0.39, 0.29) is 13.2 Å². The van der Waals surface area contributed by atoms with Gasteiger partial charge in [0.15, 0.2) is 11.8 Å². The molecule has 0 aromatic carbocycles. The summed E-state index contributed by atoms with van der Waals surface area (Å²) in [6.45, 7) is 4.73. The van der Waals surface area contributed by atoms with Gasteiger partial charge in [-0.15, -0.1) is 0 Å². The Morgan fingerprint density at radius 1 is 1.13 bits per heavy atom. The minimum absolute atomic E-state index is 0.146. The third kappa shape index (κ3) is 4.99. The van der Waals surface area contributed by atoms with Crippen LogP contribution in [0.5, 0.6) is 0 Å². The minimum Gasteiger partial charge on any atom is -0.464 e. The largest absolute Gasteiger partial charge is 0.464 e. The first-order valence-corrected chi connectivity index (χ1v) is 4.63. The Morgan fingerprint density at radius 3 is 2.07 bits per heavy atom. The highest BCUT2D eigenvalue weighted by Gasteiger charge is 2.26. The summed E-state index contributed by atoms with van der Waals surface area (Å²) < 4.78 is 9.16. The molecule has 0 saturated carbocycles. The molecule has 0 aliphatic rings. The van der Waals surface area contributed by atoms with Gasteiger partial charge in [-0.25, -0.2) is 9.59 Å². The molecule has 0 spiro atoms. The second-order valence-electron chi connectivity index (χ2n) is 2.66. The van der Waals surface area contributed by atoms with Crippen LogP contribution in [0.3, 0.4) is 0 Å². The Hall–Kier alpha value is -1.59. The fraction of sp³-hybridized carbons (Fsp3) is 0.667. The van der Waals surface area contributed by atoms with Gasteiger partial charge >= 0.3 is 12.1 Å². The van der Waals surface area contributed by atoms with E-state index in [1.165, 1.54) is 6.92 Å². The van der Waals surface area contributed by atoms with Gasteiger partial charge in [0.05, 0.1) is 13.2 Å². The van der Waals surface area contributed by atoms with Gasteiger partial charge in [-0.2, -0.15) is 0 Å². The third-order valence-corrected chi connectivity index (χ3v) is 1.47. The van der Waals surface area contributed by atoms with Gasteiger partial charge in [-0.3, -0.25) is 4.79 Å². The summed E-state index contributed by atoms with van der Waals surface area (Å²) in [6.07, 6.45) is -0.814. The number of ether oxygens (including phenoxy) is 2. The first kappa shape index (κ1) is 13.4. The Kier molecular flexibility index (Phi) is 6.08. The van der Waals surface area contributed by atoms with E-state index in [0.717, 1.165) is 0 Å². The van der Waals surface area contributed by atoms with E-state index in [0.29, 0.717) is 0 Å². The average Bonchev–Trinajstić information content (AvgIpc) is 2.14. The predicted octanol–water partition coefficient (Wildman–Crippen LogP) is 0.253. The number of Topliss-reactive ketones (excluding diaryl/α,β-unsaturated/α-hetero) is 1. The van der Waals surface area contributed by atoms with Gasteiger partial charge in [0.1, 0.15) is 0 Å². The summed E-state index contributed by atoms with van der Waals surface area (Å²) in [7, 11) is 0. The van der Waals surface area contributed by atoms with Crippen LogP contribution in [0.15, 0.2) is 0 Å². The Morgan fingerprint density at radius 2 is 1.67 bits per heavy atom. The average molecular weight is 217 g/mol. The fourth-order valence-corrected chi connectivity index (χ4v) is 0.843. The number of nitrogens with one attached hydrogen (secondary N) is 1. The second-order valence-corrected chi connectivity index (χ2v) is 2.66. The van der Waals surface area contributed by atoms with Gasteiger partial charge in [0.2, 0.25) is 0 Å². The molecule has 0 fully saturated rings. The normalized spacial score (nSPS) is 11.4. The molecule has 0 radical (unpaired) electrons. The highest BCUT2D eigenvalue weighted by Crippen LogP contribution is 1.93. The molecule has 0 aliphatic heterocycles. The second kappa shape index (κ2) is 6.80. The molecule has 0 heterocycles. The zero-order valence-electron chi connectivity index (χ0n) is 9.03. The van der Waals surface area contributed by atoms with Gasteiger partial charge in [0.25, 0.3) is 0 Å². The maximum atomic E-state index is 11.2. The van der Waals surface area contributed by atoms with E-state index in [4.69, 9.17) is 0 Å². The standard InChI is InChI=1S/C9H15NO5/c1-4-14-8(12)7(6(3)11)10-9(13)15-5-2/h7H,4-5H2,1-3H3,(H,10,13). The predicted molar refractivity (Wildman–Crippen MR) is 51.3 cm³/mol. The van der Waals surface area contributed by atoms with Crippen molar-refractivity contribution in [3.63, 3.8) is 0 Å². The molecule has 0 aromatic heterocycles. The van der Waals surface area contributed by atoms with E-state index in [9.17, 15) is 14.4 Å². The molecule has 15 heavy (non-hydrogen) atoms. The fourth-order valence-electron chi connectivity index (χ4n) is 0.843. The molecule has 0 aliphatic carbocycles. The lowest BCUT2D eigenvalue weighted by Gasteiger charge is -2.13. The van der Waals surface area contributed by atoms with Crippen molar-refractivity contribution in [2.75, 3.05) is 13.2 Å². The number of ketones is 1. The molecule has 1 amide bonds. The zero-order chi connectivity index (χ0) is 11.8. The number of carbonyl (C=O) groups is 3. The van der Waals surface area contributed by atoms with Crippen molar-refractivity contribution in [2.24, 2.45) is 0 Å². The Balaban J connectivity index is 4.34. The smallest absolute Gasteiger partial charge is 0.408 e. The molecule has 1 unspecified atom stereocenters. The highest BCUT2D eigenvalue weighted by atomic mass is 16.6. The van der Waals surface area contributed by atoms with Crippen molar-refractivity contribution >= 4 is 17.8 Å². The van der Waals surface area contributed by atoms with Gasteiger partial charge in [-0.05, 0) is 20.8 Å². The first-order chi connectivity index (χ1) is 7.02. The summed E-state index contributed by atoms with van der Waals surface area (Å²) in [5, 5.41) is 2.12. The topological polar surface area (TPSA) is 81.7 Å². The minimum atomic E-state index is -1.29. The van der Waals surface area contributed by atoms with Crippen LogP contribution in [0.25, 0.3) is 0 Å². The van der Waals surface area contributed by atoms with Crippen molar-refractivity contribution in [1.82, 2.24) is 5.32 Å². The summed E-state index contributed by atoms with van der Waals surface area (Å²) in [5.74, 6) is -1.28. The number of hydrogen-bond donors (Lipinski definition) is 1. The summed E-state index contributed by atoms with van der Waals surface area (Å²) in [5.41, 5.74) is 0. The van der Waals surface area contributed by atoms with Crippen LogP contribution in [0.4, 0.5) is 4.79 Å². The van der Waals surface area contributed by atoms with Gasteiger partial charge in [0, 0.05) is 0 Å². The van der Waals surface area contributed by atoms with Crippen molar-refractivity contribution in [3.05, 3.63) is 0 Å². The van der Waals surface area contributed by atoms with Crippen LogP contribution < -0.4 is 5.32 Å². The van der Waals surface area contributed by atoms with E-state index in [1.54, 1.807) is 13.8 Å². The van der Waals surface area contributed by atoms with E-state index in [2.05, 4.69) is 14.8 Å². The van der Waals surface area contributed by atoms with Gasteiger partial charge in [-0.1, -0.05) is 0 Å². The SMILES string of the molecule is CCOC(=O)NC(C(C)=O)C(=O)OCC. The zero-order valence-corrected chi connectivity index (χ0v) is 9.03. The van der Waals surface area contributed by atoms with Crippen LogP contribution in [0.2, 0.25) is 0 Å². The Bertz CT molecular complexity index is 251. The molecule has 6 nitrogen and oxygen atoms in total.